The van der Waals surface area contributed by atoms with Crippen molar-refractivity contribution >= 4 is 58.1 Å². The van der Waals surface area contributed by atoms with Gasteiger partial charge in [-0.2, -0.15) is 5.10 Å². The standard InChI is InChI=1S/C20H18Cl3N3O4/c1-20(30-10-18(28)29)11-26(25-19(20)12-2-4-13(21)5-3-12)9-17(27)24-14-6-7-15(22)16(23)8-14/h2-8H,9-11H2,1H3,(H,24,27)(H,28,29). The van der Waals surface area contributed by atoms with Crippen LogP contribution < -0.4 is 5.32 Å². The van der Waals surface area contributed by atoms with E-state index < -0.39 is 18.2 Å². The number of carboxylic acids is 1. The summed E-state index contributed by atoms with van der Waals surface area (Å²) in [6.45, 7) is 1.38. The second-order valence-corrected chi connectivity index (χ2v) is 8.12. The van der Waals surface area contributed by atoms with Crippen LogP contribution in [0.3, 0.4) is 0 Å². The minimum Gasteiger partial charge on any atom is -0.480 e. The molecule has 0 radical (unpaired) electrons. The number of carbonyl (C=O) groups is 2. The molecule has 30 heavy (non-hydrogen) atoms. The Balaban J connectivity index is 1.77. The van der Waals surface area contributed by atoms with Crippen molar-refractivity contribution in [3.05, 3.63) is 63.1 Å². The maximum absolute atomic E-state index is 12.5. The van der Waals surface area contributed by atoms with Crippen LogP contribution in [0.5, 0.6) is 0 Å². The number of hydrogen-bond donors (Lipinski definition) is 2. The molecule has 0 bridgehead atoms. The molecule has 1 aliphatic rings. The maximum atomic E-state index is 12.5. The first-order valence-corrected chi connectivity index (χ1v) is 10.0. The third-order valence-corrected chi connectivity index (χ3v) is 5.38. The summed E-state index contributed by atoms with van der Waals surface area (Å²) in [5, 5.41) is 19.1. The van der Waals surface area contributed by atoms with Gasteiger partial charge in [0.1, 0.15) is 24.5 Å². The van der Waals surface area contributed by atoms with E-state index in [-0.39, 0.29) is 19.0 Å². The average molecular weight is 471 g/mol. The molecule has 0 saturated carbocycles. The third kappa shape index (κ3) is 5.43. The third-order valence-electron chi connectivity index (χ3n) is 4.39. The monoisotopic (exact) mass is 469 g/mol. The molecule has 10 heteroatoms. The van der Waals surface area contributed by atoms with Gasteiger partial charge in [0.2, 0.25) is 5.91 Å². The van der Waals surface area contributed by atoms with Crippen molar-refractivity contribution in [2.75, 3.05) is 25.0 Å². The molecule has 2 aromatic rings. The van der Waals surface area contributed by atoms with Crippen molar-refractivity contribution < 1.29 is 19.4 Å². The Hall–Kier alpha value is -2.32. The van der Waals surface area contributed by atoms with Crippen LogP contribution in [0.2, 0.25) is 15.1 Å². The Morgan fingerprint density at radius 2 is 1.87 bits per heavy atom. The highest BCUT2D eigenvalue weighted by Gasteiger charge is 2.41. The molecule has 1 unspecified atom stereocenters. The number of carbonyl (C=O) groups excluding carboxylic acids is 1. The molecule has 0 fully saturated rings. The molecule has 2 aromatic carbocycles. The summed E-state index contributed by atoms with van der Waals surface area (Å²) in [5.74, 6) is -1.42. The summed E-state index contributed by atoms with van der Waals surface area (Å²) in [6, 6.07) is 11.7. The Morgan fingerprint density at radius 3 is 2.50 bits per heavy atom. The lowest BCUT2D eigenvalue weighted by molar-refractivity contribution is -0.146. The molecule has 2 N–H and O–H groups in total. The summed E-state index contributed by atoms with van der Waals surface area (Å²) in [6.07, 6.45) is 0. The van der Waals surface area contributed by atoms with E-state index in [1.165, 1.54) is 5.01 Å². The fourth-order valence-electron chi connectivity index (χ4n) is 3.04. The van der Waals surface area contributed by atoms with Gasteiger partial charge < -0.3 is 15.2 Å². The summed E-state index contributed by atoms with van der Waals surface area (Å²) >= 11 is 17.8. The molecule has 0 aliphatic carbocycles. The van der Waals surface area contributed by atoms with Crippen LogP contribution >= 0.6 is 34.8 Å². The van der Waals surface area contributed by atoms with E-state index in [0.29, 0.717) is 26.5 Å². The molecular formula is C20H18Cl3N3O4. The number of aliphatic carboxylic acids is 1. The SMILES string of the molecule is CC1(OCC(=O)O)CN(CC(=O)Nc2ccc(Cl)c(Cl)c2)N=C1c1ccc(Cl)cc1. The summed E-state index contributed by atoms with van der Waals surface area (Å²) in [4.78, 5) is 23.5. The van der Waals surface area contributed by atoms with Crippen molar-refractivity contribution in [1.82, 2.24) is 5.01 Å². The smallest absolute Gasteiger partial charge is 0.329 e. The molecule has 0 aromatic heterocycles. The topological polar surface area (TPSA) is 91.2 Å². The van der Waals surface area contributed by atoms with Gasteiger partial charge in [-0.15, -0.1) is 0 Å². The highest BCUT2D eigenvalue weighted by Crippen LogP contribution is 2.28. The van der Waals surface area contributed by atoms with Crippen LogP contribution in [-0.4, -0.2) is 53.0 Å². The van der Waals surface area contributed by atoms with Gasteiger partial charge in [0.25, 0.3) is 0 Å². The molecule has 1 atom stereocenters. The Bertz CT molecular complexity index is 997. The highest BCUT2D eigenvalue weighted by atomic mass is 35.5. The van der Waals surface area contributed by atoms with Crippen LogP contribution in [0.1, 0.15) is 12.5 Å². The molecule has 1 heterocycles. The number of benzene rings is 2. The zero-order valence-corrected chi connectivity index (χ0v) is 18.1. The number of amides is 1. The Labute approximate surface area is 188 Å². The van der Waals surface area contributed by atoms with E-state index in [2.05, 4.69) is 10.4 Å². The van der Waals surface area contributed by atoms with Gasteiger partial charge in [0, 0.05) is 16.3 Å². The zero-order valence-electron chi connectivity index (χ0n) is 15.9. The molecule has 1 amide bonds. The van der Waals surface area contributed by atoms with Crippen LogP contribution in [0.15, 0.2) is 47.6 Å². The first-order valence-electron chi connectivity index (χ1n) is 8.87. The number of anilines is 1. The van der Waals surface area contributed by atoms with Gasteiger partial charge in [-0.25, -0.2) is 4.79 Å². The van der Waals surface area contributed by atoms with Gasteiger partial charge >= 0.3 is 5.97 Å². The van der Waals surface area contributed by atoms with E-state index in [1.54, 1.807) is 49.4 Å². The fraction of sp³-hybridized carbons (Fsp3) is 0.250. The summed E-state index contributed by atoms with van der Waals surface area (Å²) in [5.41, 5.74) is 0.721. The molecule has 158 valence electrons. The number of rotatable bonds is 7. The maximum Gasteiger partial charge on any atom is 0.329 e. The van der Waals surface area contributed by atoms with E-state index >= 15 is 0 Å². The van der Waals surface area contributed by atoms with Gasteiger partial charge in [0.15, 0.2) is 0 Å². The van der Waals surface area contributed by atoms with Gasteiger partial charge in [-0.05, 0) is 37.3 Å². The van der Waals surface area contributed by atoms with Crippen molar-refractivity contribution in [3.63, 3.8) is 0 Å². The van der Waals surface area contributed by atoms with Crippen LogP contribution in [-0.2, 0) is 14.3 Å². The predicted molar refractivity (Wildman–Crippen MR) is 117 cm³/mol. The van der Waals surface area contributed by atoms with E-state index in [1.807, 2.05) is 0 Å². The quantitative estimate of drug-likeness (QED) is 0.634. The van der Waals surface area contributed by atoms with Crippen LogP contribution in [0.25, 0.3) is 0 Å². The van der Waals surface area contributed by atoms with Gasteiger partial charge in [0.05, 0.1) is 16.6 Å². The molecule has 7 nitrogen and oxygen atoms in total. The molecule has 3 rings (SSSR count). The predicted octanol–water partition coefficient (Wildman–Crippen LogP) is 4.17. The number of hydrogen-bond acceptors (Lipinski definition) is 5. The lowest BCUT2D eigenvalue weighted by Crippen LogP contribution is -2.43. The summed E-state index contributed by atoms with van der Waals surface area (Å²) < 4.78 is 5.64. The molecular weight excluding hydrogens is 453 g/mol. The lowest BCUT2D eigenvalue weighted by atomic mass is 9.94. The number of nitrogens with one attached hydrogen (secondary N) is 1. The second-order valence-electron chi connectivity index (χ2n) is 6.87. The molecule has 0 saturated heterocycles. The average Bonchev–Trinajstić information content (AvgIpc) is 3.00. The number of ether oxygens (including phenoxy) is 1. The normalized spacial score (nSPS) is 18.3. The van der Waals surface area contributed by atoms with Crippen LogP contribution in [0, 0.1) is 0 Å². The zero-order chi connectivity index (χ0) is 21.9. The highest BCUT2D eigenvalue weighted by molar-refractivity contribution is 6.42. The number of nitrogens with zero attached hydrogens (tertiary/aromatic N) is 2. The number of hydrazone groups is 1. The van der Waals surface area contributed by atoms with Crippen molar-refractivity contribution in [2.24, 2.45) is 5.10 Å². The Morgan fingerprint density at radius 1 is 1.17 bits per heavy atom. The van der Waals surface area contributed by atoms with Crippen LogP contribution in [0.4, 0.5) is 5.69 Å². The fourth-order valence-corrected chi connectivity index (χ4v) is 3.47. The first kappa shape index (κ1) is 22.4. The van der Waals surface area contributed by atoms with E-state index in [0.717, 1.165) is 5.56 Å². The minimum atomic E-state index is -1.09. The van der Waals surface area contributed by atoms with E-state index in [9.17, 15) is 9.59 Å². The van der Waals surface area contributed by atoms with Crippen molar-refractivity contribution in [2.45, 2.75) is 12.5 Å². The molecule has 0 spiro atoms. The van der Waals surface area contributed by atoms with E-state index in [4.69, 9.17) is 44.6 Å². The number of halogens is 3. The lowest BCUT2D eigenvalue weighted by Gasteiger charge is -2.26. The van der Waals surface area contributed by atoms with Gasteiger partial charge in [-0.3, -0.25) is 9.80 Å². The van der Waals surface area contributed by atoms with Crippen molar-refractivity contribution in [1.29, 1.82) is 0 Å². The first-order chi connectivity index (χ1) is 14.2. The van der Waals surface area contributed by atoms with Gasteiger partial charge in [-0.1, -0.05) is 46.9 Å². The number of carboxylic acid groups (broad SMARTS) is 1. The van der Waals surface area contributed by atoms with Crippen molar-refractivity contribution in [3.8, 4) is 0 Å². The second kappa shape index (κ2) is 9.22. The molecule has 1 aliphatic heterocycles. The minimum absolute atomic E-state index is 0.0661. The Kier molecular flexibility index (Phi) is 6.88. The largest absolute Gasteiger partial charge is 0.480 e. The summed E-state index contributed by atoms with van der Waals surface area (Å²) in [7, 11) is 0.